The number of anilines is 1. The molecule has 2 aliphatic rings. The van der Waals surface area contributed by atoms with Gasteiger partial charge in [-0.3, -0.25) is 9.69 Å². The first-order chi connectivity index (χ1) is 14.3. The Labute approximate surface area is 174 Å². The van der Waals surface area contributed by atoms with Crippen molar-refractivity contribution in [2.45, 2.75) is 37.9 Å². The normalized spacial score (nSPS) is 21.7. The number of hydrogen-bond acceptors (Lipinski definition) is 2. The summed E-state index contributed by atoms with van der Waals surface area (Å²) >= 11 is 0. The SMILES string of the molecule is CC(=O)N1CC(CCN2CC=CCC2c2ccc(C(F)(F)F)cc2)c2ccccc21. The Hall–Kier alpha value is -2.60. The lowest BCUT2D eigenvalue weighted by Crippen LogP contribution is -2.33. The van der Waals surface area contributed by atoms with Crippen LogP contribution in [0, 0.1) is 0 Å². The van der Waals surface area contributed by atoms with Crippen molar-refractivity contribution < 1.29 is 18.0 Å². The Morgan fingerprint density at radius 3 is 2.50 bits per heavy atom. The molecule has 3 nitrogen and oxygen atoms in total. The second-order valence-corrected chi connectivity index (χ2v) is 8.01. The van der Waals surface area contributed by atoms with Crippen molar-refractivity contribution in [3.05, 3.63) is 77.4 Å². The van der Waals surface area contributed by atoms with Gasteiger partial charge in [-0.1, -0.05) is 42.5 Å². The predicted octanol–water partition coefficient (Wildman–Crippen LogP) is 5.55. The molecule has 0 aromatic heterocycles. The summed E-state index contributed by atoms with van der Waals surface area (Å²) in [4.78, 5) is 16.2. The van der Waals surface area contributed by atoms with E-state index >= 15 is 0 Å². The number of benzene rings is 2. The summed E-state index contributed by atoms with van der Waals surface area (Å²) in [7, 11) is 0. The van der Waals surface area contributed by atoms with Crippen LogP contribution in [0.1, 0.15) is 48.4 Å². The van der Waals surface area contributed by atoms with Gasteiger partial charge in [-0.05, 0) is 48.7 Å². The number of hydrogen-bond donors (Lipinski definition) is 0. The quantitative estimate of drug-likeness (QED) is 0.613. The average molecular weight is 414 g/mol. The van der Waals surface area contributed by atoms with Gasteiger partial charge < -0.3 is 4.90 Å². The summed E-state index contributed by atoms with van der Waals surface area (Å²) in [5.74, 6) is 0.317. The van der Waals surface area contributed by atoms with E-state index in [0.29, 0.717) is 6.54 Å². The van der Waals surface area contributed by atoms with E-state index in [9.17, 15) is 18.0 Å². The van der Waals surface area contributed by atoms with Gasteiger partial charge in [0.2, 0.25) is 5.91 Å². The van der Waals surface area contributed by atoms with Crippen LogP contribution in [0.5, 0.6) is 0 Å². The van der Waals surface area contributed by atoms with E-state index < -0.39 is 11.7 Å². The summed E-state index contributed by atoms with van der Waals surface area (Å²) < 4.78 is 38.7. The number of para-hydroxylation sites is 1. The van der Waals surface area contributed by atoms with E-state index in [1.54, 1.807) is 19.1 Å². The molecule has 0 radical (unpaired) electrons. The molecule has 30 heavy (non-hydrogen) atoms. The van der Waals surface area contributed by atoms with Gasteiger partial charge in [0.1, 0.15) is 0 Å². The Balaban J connectivity index is 1.47. The topological polar surface area (TPSA) is 23.6 Å². The molecular formula is C24H25F3N2O. The minimum Gasteiger partial charge on any atom is -0.312 e. The average Bonchev–Trinajstić information content (AvgIpc) is 3.11. The molecule has 0 saturated heterocycles. The summed E-state index contributed by atoms with van der Waals surface area (Å²) in [6.07, 6.45) is 1.58. The molecule has 0 spiro atoms. The van der Waals surface area contributed by atoms with Gasteiger partial charge in [0.25, 0.3) is 0 Å². The molecule has 0 N–H and O–H groups in total. The van der Waals surface area contributed by atoms with Gasteiger partial charge in [-0.2, -0.15) is 13.2 Å². The molecule has 0 saturated carbocycles. The van der Waals surface area contributed by atoms with Crippen molar-refractivity contribution in [1.29, 1.82) is 0 Å². The molecule has 0 bridgehead atoms. The molecule has 0 fully saturated rings. The van der Waals surface area contributed by atoms with E-state index in [0.717, 1.165) is 37.2 Å². The van der Waals surface area contributed by atoms with Crippen LogP contribution in [-0.4, -0.2) is 30.4 Å². The molecule has 1 amide bonds. The smallest absolute Gasteiger partial charge is 0.312 e. The molecule has 4 rings (SSSR count). The summed E-state index contributed by atoms with van der Waals surface area (Å²) in [5, 5.41) is 0. The fraction of sp³-hybridized carbons (Fsp3) is 0.375. The number of carbonyl (C=O) groups excluding carboxylic acids is 1. The number of nitrogens with zero attached hydrogens (tertiary/aromatic N) is 2. The van der Waals surface area contributed by atoms with Crippen LogP contribution in [0.3, 0.4) is 0 Å². The van der Waals surface area contributed by atoms with Crippen LogP contribution in [0.4, 0.5) is 18.9 Å². The van der Waals surface area contributed by atoms with E-state index in [-0.39, 0.29) is 17.9 Å². The van der Waals surface area contributed by atoms with E-state index in [4.69, 9.17) is 0 Å². The first-order valence-corrected chi connectivity index (χ1v) is 10.3. The van der Waals surface area contributed by atoms with Crippen LogP contribution >= 0.6 is 0 Å². The maximum Gasteiger partial charge on any atom is 0.416 e. The summed E-state index contributed by atoms with van der Waals surface area (Å²) in [6.45, 7) is 3.87. The van der Waals surface area contributed by atoms with Crippen LogP contribution in [0.2, 0.25) is 0 Å². The van der Waals surface area contributed by atoms with Gasteiger partial charge >= 0.3 is 6.18 Å². The monoisotopic (exact) mass is 414 g/mol. The standard InChI is InChI=1S/C24H25F3N2O/c1-17(30)29-16-19(21-6-2-3-8-23(21)29)13-15-28-14-5-4-7-22(28)18-9-11-20(12-10-18)24(25,26)27/h2-6,8-12,19,22H,7,13-16H2,1H3. The fourth-order valence-electron chi connectivity index (χ4n) is 4.56. The molecule has 2 atom stereocenters. The number of halogens is 3. The van der Waals surface area contributed by atoms with Crippen molar-refractivity contribution in [1.82, 2.24) is 4.90 Å². The van der Waals surface area contributed by atoms with Crippen LogP contribution < -0.4 is 4.90 Å². The van der Waals surface area contributed by atoms with Crippen LogP contribution in [0.25, 0.3) is 0 Å². The summed E-state index contributed by atoms with van der Waals surface area (Å²) in [5.41, 5.74) is 2.49. The molecule has 158 valence electrons. The minimum atomic E-state index is -4.32. The molecule has 6 heteroatoms. The predicted molar refractivity (Wildman–Crippen MR) is 111 cm³/mol. The Kier molecular flexibility index (Phi) is 5.69. The highest BCUT2D eigenvalue weighted by molar-refractivity contribution is 5.94. The maximum atomic E-state index is 12.9. The van der Waals surface area contributed by atoms with Gasteiger partial charge in [-0.15, -0.1) is 0 Å². The van der Waals surface area contributed by atoms with Gasteiger partial charge in [-0.25, -0.2) is 0 Å². The van der Waals surface area contributed by atoms with Crippen LogP contribution in [-0.2, 0) is 11.0 Å². The largest absolute Gasteiger partial charge is 0.416 e. The third-order valence-electron chi connectivity index (χ3n) is 6.14. The number of amides is 1. The van der Waals surface area contributed by atoms with Crippen molar-refractivity contribution >= 4 is 11.6 Å². The first kappa shape index (κ1) is 20.7. The number of rotatable bonds is 4. The first-order valence-electron chi connectivity index (χ1n) is 10.3. The fourth-order valence-corrected chi connectivity index (χ4v) is 4.56. The lowest BCUT2D eigenvalue weighted by molar-refractivity contribution is -0.137. The zero-order chi connectivity index (χ0) is 21.3. The van der Waals surface area contributed by atoms with Crippen molar-refractivity contribution in [2.75, 3.05) is 24.5 Å². The number of alkyl halides is 3. The van der Waals surface area contributed by atoms with Crippen molar-refractivity contribution in [2.24, 2.45) is 0 Å². The molecule has 2 aliphatic heterocycles. The van der Waals surface area contributed by atoms with Gasteiger partial charge in [0, 0.05) is 37.7 Å². The highest BCUT2D eigenvalue weighted by atomic mass is 19.4. The molecule has 2 aromatic carbocycles. The summed E-state index contributed by atoms with van der Waals surface area (Å²) in [6, 6.07) is 13.6. The van der Waals surface area contributed by atoms with E-state index in [2.05, 4.69) is 23.1 Å². The zero-order valence-electron chi connectivity index (χ0n) is 16.9. The highest BCUT2D eigenvalue weighted by Gasteiger charge is 2.32. The third kappa shape index (κ3) is 4.15. The second kappa shape index (κ2) is 8.26. The Bertz CT molecular complexity index is 936. The minimum absolute atomic E-state index is 0.0495. The zero-order valence-corrected chi connectivity index (χ0v) is 16.9. The molecular weight excluding hydrogens is 389 g/mol. The second-order valence-electron chi connectivity index (χ2n) is 8.01. The third-order valence-corrected chi connectivity index (χ3v) is 6.14. The number of carbonyl (C=O) groups is 1. The van der Waals surface area contributed by atoms with E-state index in [1.807, 2.05) is 23.1 Å². The molecule has 2 heterocycles. The molecule has 2 unspecified atom stereocenters. The molecule has 0 aliphatic carbocycles. The van der Waals surface area contributed by atoms with Gasteiger partial charge in [0.05, 0.1) is 5.56 Å². The lowest BCUT2D eigenvalue weighted by Gasteiger charge is -2.34. The lowest BCUT2D eigenvalue weighted by atomic mass is 9.94. The van der Waals surface area contributed by atoms with Crippen molar-refractivity contribution in [3.8, 4) is 0 Å². The number of fused-ring (bicyclic) bond motifs is 1. The maximum absolute atomic E-state index is 12.9. The van der Waals surface area contributed by atoms with Crippen molar-refractivity contribution in [3.63, 3.8) is 0 Å². The molecule has 2 aromatic rings. The van der Waals surface area contributed by atoms with E-state index in [1.165, 1.54) is 17.7 Å². The van der Waals surface area contributed by atoms with Gasteiger partial charge in [0.15, 0.2) is 0 Å². The Morgan fingerprint density at radius 1 is 1.07 bits per heavy atom. The highest BCUT2D eigenvalue weighted by Crippen LogP contribution is 2.39. The Morgan fingerprint density at radius 2 is 1.80 bits per heavy atom. The van der Waals surface area contributed by atoms with Crippen LogP contribution in [0.15, 0.2) is 60.7 Å².